The molecule has 4 heteroatoms. The number of fused-ring (bicyclic) bond motifs is 2. The highest BCUT2D eigenvalue weighted by molar-refractivity contribution is 5.94. The van der Waals surface area contributed by atoms with Crippen LogP contribution in [0.1, 0.15) is 42.7 Å². The molecule has 2 bridgehead atoms. The summed E-state index contributed by atoms with van der Waals surface area (Å²) in [6, 6.07) is 1.59. The van der Waals surface area contributed by atoms with Gasteiger partial charge >= 0.3 is 0 Å². The van der Waals surface area contributed by atoms with Crippen LogP contribution in [0.25, 0.3) is 0 Å². The number of amides is 1. The van der Waals surface area contributed by atoms with E-state index < -0.39 is 0 Å². The Labute approximate surface area is 131 Å². The van der Waals surface area contributed by atoms with Gasteiger partial charge in [0.2, 0.25) is 0 Å². The molecule has 4 nitrogen and oxygen atoms in total. The molecule has 3 atom stereocenters. The van der Waals surface area contributed by atoms with E-state index in [0.717, 1.165) is 12.2 Å². The van der Waals surface area contributed by atoms with Crippen molar-refractivity contribution in [2.75, 3.05) is 6.54 Å². The summed E-state index contributed by atoms with van der Waals surface area (Å²) in [5, 5.41) is 0. The molecule has 3 unspecified atom stereocenters. The summed E-state index contributed by atoms with van der Waals surface area (Å²) in [5.74, 6) is 1.69. The minimum atomic E-state index is -0.195. The van der Waals surface area contributed by atoms with E-state index in [-0.39, 0.29) is 22.9 Å². The van der Waals surface area contributed by atoms with Crippen LogP contribution in [0, 0.1) is 24.7 Å². The summed E-state index contributed by atoms with van der Waals surface area (Å²) >= 11 is 0. The maximum atomic E-state index is 12.8. The van der Waals surface area contributed by atoms with Gasteiger partial charge in [-0.1, -0.05) is 12.2 Å². The summed E-state index contributed by atoms with van der Waals surface area (Å²) in [6.07, 6.45) is 8.57. The summed E-state index contributed by atoms with van der Waals surface area (Å²) in [6.45, 7) is 6.60. The van der Waals surface area contributed by atoms with Gasteiger partial charge in [0, 0.05) is 30.5 Å². The minimum Gasteiger partial charge on any atom is -0.364 e. The maximum Gasteiger partial charge on any atom is 0.259 e. The summed E-state index contributed by atoms with van der Waals surface area (Å²) in [4.78, 5) is 29.7. The average molecular weight is 300 g/mol. The number of pyridine rings is 1. The van der Waals surface area contributed by atoms with E-state index in [0.29, 0.717) is 17.8 Å². The number of hydrogen-bond donors (Lipinski definition) is 1. The first-order valence-corrected chi connectivity index (χ1v) is 8.14. The molecule has 1 saturated carbocycles. The molecule has 1 aromatic heterocycles. The van der Waals surface area contributed by atoms with Gasteiger partial charge in [0.25, 0.3) is 5.91 Å². The molecule has 2 aliphatic carbocycles. The Bertz CT molecular complexity index is 659. The van der Waals surface area contributed by atoms with E-state index in [2.05, 4.69) is 17.1 Å². The number of carbonyl (C=O) groups is 1. The Hall–Kier alpha value is -1.84. The molecule has 0 radical (unpaired) electrons. The Balaban J connectivity index is 1.80. The van der Waals surface area contributed by atoms with E-state index in [1.54, 1.807) is 6.20 Å². The molecule has 118 valence electrons. The normalized spacial score (nSPS) is 25.9. The lowest BCUT2D eigenvalue weighted by Gasteiger charge is -2.31. The van der Waals surface area contributed by atoms with Crippen LogP contribution in [0.2, 0.25) is 0 Å². The molecule has 1 fully saturated rings. The van der Waals surface area contributed by atoms with Crippen molar-refractivity contribution >= 4 is 5.91 Å². The molecular weight excluding hydrogens is 276 g/mol. The van der Waals surface area contributed by atoms with Crippen molar-refractivity contribution in [1.29, 1.82) is 0 Å². The van der Waals surface area contributed by atoms with Crippen LogP contribution in [0.4, 0.5) is 0 Å². The van der Waals surface area contributed by atoms with Crippen molar-refractivity contribution < 1.29 is 4.79 Å². The summed E-state index contributed by atoms with van der Waals surface area (Å²) < 4.78 is 0. The highest BCUT2D eigenvalue weighted by Crippen LogP contribution is 2.43. The second kappa shape index (κ2) is 5.75. The standard InChI is InChI=1S/C18H24N2O2/c1-11(2)20(10-15-8-13-4-5-14(15)7-13)18(22)16-9-19-12(3)6-17(16)21/h4-6,9,11,13-15H,7-8,10H2,1-3H3,(H,19,21). The molecule has 2 aliphatic rings. The second-order valence-corrected chi connectivity index (χ2v) is 6.99. The monoisotopic (exact) mass is 300 g/mol. The van der Waals surface area contributed by atoms with Gasteiger partial charge in [0.05, 0.1) is 0 Å². The van der Waals surface area contributed by atoms with Crippen LogP contribution in [0.15, 0.2) is 29.2 Å². The smallest absolute Gasteiger partial charge is 0.259 e. The molecule has 1 amide bonds. The van der Waals surface area contributed by atoms with Gasteiger partial charge in [-0.05, 0) is 51.4 Å². The molecule has 22 heavy (non-hydrogen) atoms. The lowest BCUT2D eigenvalue weighted by atomic mass is 9.92. The third-order valence-electron chi connectivity index (χ3n) is 5.02. The van der Waals surface area contributed by atoms with Crippen LogP contribution < -0.4 is 5.43 Å². The van der Waals surface area contributed by atoms with E-state index in [9.17, 15) is 9.59 Å². The molecule has 0 spiro atoms. The van der Waals surface area contributed by atoms with Gasteiger partial charge in [0.15, 0.2) is 5.43 Å². The van der Waals surface area contributed by atoms with Crippen LogP contribution in [-0.4, -0.2) is 28.4 Å². The molecule has 1 aromatic rings. The average Bonchev–Trinajstić information content (AvgIpc) is 3.06. The summed E-state index contributed by atoms with van der Waals surface area (Å²) in [7, 11) is 0. The topological polar surface area (TPSA) is 53.2 Å². The number of allylic oxidation sites excluding steroid dienone is 2. The number of aromatic amines is 1. The third-order valence-corrected chi connectivity index (χ3v) is 5.02. The molecule has 0 aromatic carbocycles. The van der Waals surface area contributed by atoms with Crippen molar-refractivity contribution in [1.82, 2.24) is 9.88 Å². The van der Waals surface area contributed by atoms with Crippen molar-refractivity contribution in [3.05, 3.63) is 45.9 Å². The Morgan fingerprint density at radius 2 is 2.14 bits per heavy atom. The van der Waals surface area contributed by atoms with Crippen LogP contribution in [0.3, 0.4) is 0 Å². The number of rotatable bonds is 4. The quantitative estimate of drug-likeness (QED) is 0.869. The molecule has 1 heterocycles. The zero-order valence-corrected chi connectivity index (χ0v) is 13.5. The highest BCUT2D eigenvalue weighted by atomic mass is 16.2. The number of H-pyrrole nitrogens is 1. The van der Waals surface area contributed by atoms with Crippen molar-refractivity contribution in [2.45, 2.75) is 39.7 Å². The highest BCUT2D eigenvalue weighted by Gasteiger charge is 2.37. The molecule has 0 saturated heterocycles. The van der Waals surface area contributed by atoms with Crippen molar-refractivity contribution in [3.63, 3.8) is 0 Å². The maximum absolute atomic E-state index is 12.8. The van der Waals surface area contributed by atoms with E-state index >= 15 is 0 Å². The van der Waals surface area contributed by atoms with Crippen LogP contribution in [0.5, 0.6) is 0 Å². The fourth-order valence-corrected chi connectivity index (χ4v) is 3.78. The van der Waals surface area contributed by atoms with Gasteiger partial charge in [-0.3, -0.25) is 9.59 Å². The molecule has 0 aliphatic heterocycles. The lowest BCUT2D eigenvalue weighted by molar-refractivity contribution is 0.0659. The summed E-state index contributed by atoms with van der Waals surface area (Å²) in [5.41, 5.74) is 0.827. The van der Waals surface area contributed by atoms with Gasteiger partial charge < -0.3 is 9.88 Å². The fraction of sp³-hybridized carbons (Fsp3) is 0.556. The zero-order valence-electron chi connectivity index (χ0n) is 13.5. The number of hydrogen-bond acceptors (Lipinski definition) is 2. The largest absolute Gasteiger partial charge is 0.364 e. The van der Waals surface area contributed by atoms with E-state index in [1.807, 2.05) is 25.7 Å². The number of nitrogens with zero attached hydrogens (tertiary/aromatic N) is 1. The predicted molar refractivity (Wildman–Crippen MR) is 86.8 cm³/mol. The fourth-order valence-electron chi connectivity index (χ4n) is 3.78. The van der Waals surface area contributed by atoms with E-state index in [1.165, 1.54) is 18.9 Å². The van der Waals surface area contributed by atoms with Gasteiger partial charge in [-0.25, -0.2) is 0 Å². The number of aryl methyl sites for hydroxylation is 1. The Morgan fingerprint density at radius 1 is 1.36 bits per heavy atom. The number of aromatic nitrogens is 1. The first kappa shape index (κ1) is 15.1. The third kappa shape index (κ3) is 2.74. The van der Waals surface area contributed by atoms with Crippen molar-refractivity contribution in [2.24, 2.45) is 17.8 Å². The van der Waals surface area contributed by atoms with Gasteiger partial charge in [0.1, 0.15) is 5.56 Å². The van der Waals surface area contributed by atoms with E-state index in [4.69, 9.17) is 0 Å². The van der Waals surface area contributed by atoms with Gasteiger partial charge in [-0.15, -0.1) is 0 Å². The van der Waals surface area contributed by atoms with Gasteiger partial charge in [-0.2, -0.15) is 0 Å². The molecular formula is C18H24N2O2. The van der Waals surface area contributed by atoms with Crippen LogP contribution in [-0.2, 0) is 0 Å². The Morgan fingerprint density at radius 3 is 2.68 bits per heavy atom. The van der Waals surface area contributed by atoms with Crippen LogP contribution >= 0.6 is 0 Å². The first-order valence-electron chi connectivity index (χ1n) is 8.14. The van der Waals surface area contributed by atoms with Crippen molar-refractivity contribution in [3.8, 4) is 0 Å². The zero-order chi connectivity index (χ0) is 15.9. The number of nitrogens with one attached hydrogen (secondary N) is 1. The Kier molecular flexibility index (Phi) is 3.94. The lowest BCUT2D eigenvalue weighted by Crippen LogP contribution is -2.43. The SMILES string of the molecule is Cc1cc(=O)c(C(=O)N(CC2CC3C=CC2C3)C(C)C)c[nH]1. The minimum absolute atomic E-state index is 0.0938. The predicted octanol–water partition coefficient (Wildman–Crippen LogP) is 2.75. The second-order valence-electron chi connectivity index (χ2n) is 6.99. The first-order chi connectivity index (χ1) is 10.5. The molecule has 3 rings (SSSR count). The molecule has 1 N–H and O–H groups in total. The number of carbonyl (C=O) groups excluding carboxylic acids is 1.